The van der Waals surface area contributed by atoms with Crippen LogP contribution in [-0.2, 0) is 16.0 Å². The van der Waals surface area contributed by atoms with Crippen LogP contribution in [0.1, 0.15) is 59.4 Å². The third-order valence-electron chi connectivity index (χ3n) is 6.13. The summed E-state index contributed by atoms with van der Waals surface area (Å²) in [5.74, 6) is -0.538. The van der Waals surface area contributed by atoms with Crippen molar-refractivity contribution in [1.82, 2.24) is 5.32 Å². The zero-order valence-corrected chi connectivity index (χ0v) is 20.6. The Kier molecular flexibility index (Phi) is 7.80. The van der Waals surface area contributed by atoms with Gasteiger partial charge in [-0.15, -0.1) is 11.3 Å². The van der Waals surface area contributed by atoms with Gasteiger partial charge in [0.2, 0.25) is 11.8 Å². The maximum absolute atomic E-state index is 13.7. The Hall–Kier alpha value is -2.96. The fraction of sp³-hybridized carbons (Fsp3) is 0.296. The summed E-state index contributed by atoms with van der Waals surface area (Å²) in [5.41, 5.74) is 1.65. The van der Waals surface area contributed by atoms with Crippen molar-refractivity contribution < 1.29 is 14.4 Å². The molecule has 0 radical (unpaired) electrons. The van der Waals surface area contributed by atoms with Gasteiger partial charge in [-0.2, -0.15) is 0 Å². The minimum Gasteiger partial charge on any atom is -0.351 e. The number of thiophene rings is 1. The van der Waals surface area contributed by atoms with Crippen LogP contribution in [0, 0.1) is 0 Å². The van der Waals surface area contributed by atoms with Crippen molar-refractivity contribution in [3.63, 3.8) is 0 Å². The summed E-state index contributed by atoms with van der Waals surface area (Å²) in [6, 6.07) is 16.9. The van der Waals surface area contributed by atoms with E-state index in [9.17, 15) is 14.4 Å². The van der Waals surface area contributed by atoms with E-state index in [1.165, 1.54) is 23.2 Å². The number of halogens is 1. The first-order valence-corrected chi connectivity index (χ1v) is 12.7. The summed E-state index contributed by atoms with van der Waals surface area (Å²) in [6.45, 7) is 1.50. The van der Waals surface area contributed by atoms with Gasteiger partial charge in [0.05, 0.1) is 6.42 Å². The highest BCUT2D eigenvalue weighted by Crippen LogP contribution is 2.34. The number of carbonyl (C=O) groups excluding carboxylic acids is 3. The Morgan fingerprint density at radius 3 is 2.35 bits per heavy atom. The molecule has 2 amide bonds. The number of hydrogen-bond acceptors (Lipinski definition) is 4. The largest absolute Gasteiger partial charge is 0.351 e. The van der Waals surface area contributed by atoms with E-state index in [-0.39, 0.29) is 30.1 Å². The minimum absolute atomic E-state index is 0.0651. The van der Waals surface area contributed by atoms with Crippen LogP contribution >= 0.6 is 22.9 Å². The van der Waals surface area contributed by atoms with Gasteiger partial charge in [0.25, 0.3) is 0 Å². The van der Waals surface area contributed by atoms with Crippen molar-refractivity contribution in [2.45, 2.75) is 51.1 Å². The SMILES string of the molecule is CC(=O)c1ccc(N(C(=O)Cc2cccs2)C(C(=O)NC2CCCC2)c2ccccc2Cl)cc1. The third-order valence-corrected chi connectivity index (χ3v) is 7.35. The van der Waals surface area contributed by atoms with Crippen molar-refractivity contribution >= 4 is 46.2 Å². The van der Waals surface area contributed by atoms with Crippen LogP contribution in [0.4, 0.5) is 5.69 Å². The average molecular weight is 495 g/mol. The predicted octanol–water partition coefficient (Wildman–Crippen LogP) is 5.98. The van der Waals surface area contributed by atoms with E-state index in [1.54, 1.807) is 42.5 Å². The molecule has 5 nitrogen and oxygen atoms in total. The summed E-state index contributed by atoms with van der Waals surface area (Å²) >= 11 is 8.06. The normalized spacial score (nSPS) is 14.5. The fourth-order valence-electron chi connectivity index (χ4n) is 4.39. The summed E-state index contributed by atoms with van der Waals surface area (Å²) < 4.78 is 0. The van der Waals surface area contributed by atoms with Crippen LogP contribution in [-0.4, -0.2) is 23.6 Å². The molecule has 0 saturated heterocycles. The lowest BCUT2D eigenvalue weighted by molar-refractivity contribution is -0.127. The van der Waals surface area contributed by atoms with Crippen molar-refractivity contribution in [2.24, 2.45) is 0 Å². The maximum atomic E-state index is 13.7. The van der Waals surface area contributed by atoms with Gasteiger partial charge in [0, 0.05) is 32.8 Å². The van der Waals surface area contributed by atoms with Gasteiger partial charge in [-0.05, 0) is 61.5 Å². The number of carbonyl (C=O) groups is 3. The second-order valence-corrected chi connectivity index (χ2v) is 9.98. The molecule has 0 aliphatic heterocycles. The topological polar surface area (TPSA) is 66.5 Å². The van der Waals surface area contributed by atoms with Crippen molar-refractivity contribution in [3.8, 4) is 0 Å². The van der Waals surface area contributed by atoms with Crippen LogP contribution in [0.3, 0.4) is 0 Å². The molecule has 2 aromatic carbocycles. The lowest BCUT2D eigenvalue weighted by Crippen LogP contribution is -2.47. The smallest absolute Gasteiger partial charge is 0.248 e. The summed E-state index contributed by atoms with van der Waals surface area (Å²) in [4.78, 5) is 41.7. The minimum atomic E-state index is -0.940. The van der Waals surface area contributed by atoms with Gasteiger partial charge >= 0.3 is 0 Å². The number of rotatable bonds is 8. The second-order valence-electron chi connectivity index (χ2n) is 8.54. The molecule has 1 unspecified atom stereocenters. The number of Topliss-reactive ketones (excluding diaryl/α,β-unsaturated/α-hetero) is 1. The second kappa shape index (κ2) is 11.0. The highest BCUT2D eigenvalue weighted by molar-refractivity contribution is 7.10. The molecule has 3 aromatic rings. The molecule has 1 heterocycles. The number of amides is 2. The quantitative estimate of drug-likeness (QED) is 0.392. The molecule has 34 heavy (non-hydrogen) atoms. The molecule has 1 N–H and O–H groups in total. The van der Waals surface area contributed by atoms with E-state index in [1.807, 2.05) is 23.6 Å². The first-order chi connectivity index (χ1) is 16.4. The van der Waals surface area contributed by atoms with Crippen LogP contribution < -0.4 is 10.2 Å². The summed E-state index contributed by atoms with van der Waals surface area (Å²) in [7, 11) is 0. The van der Waals surface area contributed by atoms with Gasteiger partial charge in [-0.3, -0.25) is 19.3 Å². The molecule has 0 spiro atoms. The highest BCUT2D eigenvalue weighted by Gasteiger charge is 2.35. The molecule has 7 heteroatoms. The van der Waals surface area contributed by atoms with Gasteiger partial charge in [-0.25, -0.2) is 0 Å². The molecule has 1 saturated carbocycles. The lowest BCUT2D eigenvalue weighted by atomic mass is 10.0. The van der Waals surface area contributed by atoms with E-state index >= 15 is 0 Å². The molecule has 0 bridgehead atoms. The number of nitrogens with one attached hydrogen (secondary N) is 1. The van der Waals surface area contributed by atoms with Crippen molar-refractivity contribution in [3.05, 3.63) is 87.1 Å². The van der Waals surface area contributed by atoms with Crippen molar-refractivity contribution in [2.75, 3.05) is 4.90 Å². The zero-order chi connectivity index (χ0) is 24.1. The van der Waals surface area contributed by atoms with Crippen molar-refractivity contribution in [1.29, 1.82) is 0 Å². The Balaban J connectivity index is 1.78. The van der Waals surface area contributed by atoms with Crippen LogP contribution in [0.25, 0.3) is 0 Å². The number of benzene rings is 2. The standard InChI is InChI=1S/C27H27ClN2O3S/c1-18(31)19-12-14-21(15-13-19)30(25(32)17-22-9-6-16-34-22)26(23-10-4-5-11-24(23)28)27(33)29-20-7-2-3-8-20/h4-6,9-16,20,26H,2-3,7-8,17H2,1H3,(H,29,33). The maximum Gasteiger partial charge on any atom is 0.248 e. The van der Waals surface area contributed by atoms with E-state index < -0.39 is 6.04 Å². The number of nitrogens with zero attached hydrogens (tertiary/aromatic N) is 1. The molecule has 176 valence electrons. The van der Waals surface area contributed by atoms with E-state index in [2.05, 4.69) is 5.32 Å². The molecule has 1 atom stereocenters. The van der Waals surface area contributed by atoms with Gasteiger partial charge in [-0.1, -0.05) is 48.7 Å². The Morgan fingerprint density at radius 1 is 1.03 bits per heavy atom. The molecular weight excluding hydrogens is 468 g/mol. The zero-order valence-electron chi connectivity index (χ0n) is 19.0. The Morgan fingerprint density at radius 2 is 1.74 bits per heavy atom. The average Bonchev–Trinajstić information content (AvgIpc) is 3.52. The number of ketones is 1. The molecular formula is C27H27ClN2O3S. The first-order valence-electron chi connectivity index (χ1n) is 11.4. The van der Waals surface area contributed by atoms with E-state index in [0.717, 1.165) is 30.6 Å². The van der Waals surface area contributed by atoms with Crippen LogP contribution in [0.15, 0.2) is 66.0 Å². The van der Waals surface area contributed by atoms with E-state index in [4.69, 9.17) is 11.6 Å². The summed E-state index contributed by atoms with van der Waals surface area (Å²) in [5, 5.41) is 5.50. The lowest BCUT2D eigenvalue weighted by Gasteiger charge is -2.33. The molecule has 4 rings (SSSR count). The molecule has 1 aliphatic carbocycles. The highest BCUT2D eigenvalue weighted by atomic mass is 35.5. The Bertz CT molecular complexity index is 1150. The van der Waals surface area contributed by atoms with Crippen LogP contribution in [0.5, 0.6) is 0 Å². The predicted molar refractivity (Wildman–Crippen MR) is 137 cm³/mol. The fourth-order valence-corrected chi connectivity index (χ4v) is 5.32. The number of hydrogen-bond donors (Lipinski definition) is 1. The Labute approximate surface area is 208 Å². The van der Waals surface area contributed by atoms with Gasteiger partial charge in [0.1, 0.15) is 6.04 Å². The summed E-state index contributed by atoms with van der Waals surface area (Å²) in [6.07, 6.45) is 4.17. The van der Waals surface area contributed by atoms with E-state index in [0.29, 0.717) is 21.8 Å². The molecule has 1 aromatic heterocycles. The van der Waals surface area contributed by atoms with Gasteiger partial charge in [0.15, 0.2) is 5.78 Å². The third kappa shape index (κ3) is 5.57. The molecule has 1 aliphatic rings. The van der Waals surface area contributed by atoms with Gasteiger partial charge < -0.3 is 5.32 Å². The first kappa shape index (κ1) is 24.2. The van der Waals surface area contributed by atoms with Crippen LogP contribution in [0.2, 0.25) is 5.02 Å². The monoisotopic (exact) mass is 494 g/mol. The number of anilines is 1. The molecule has 1 fully saturated rings.